The van der Waals surface area contributed by atoms with Crippen LogP contribution in [0.4, 0.5) is 5.69 Å². The van der Waals surface area contributed by atoms with Gasteiger partial charge >= 0.3 is 0 Å². The molecular weight excluding hydrogens is 328 g/mol. The first-order chi connectivity index (χ1) is 11.4. The number of carbonyl (C=O) groups excluding carboxylic acids is 1. The van der Waals surface area contributed by atoms with Crippen LogP contribution < -0.4 is 4.90 Å². The molecule has 2 aromatic carbocycles. The van der Waals surface area contributed by atoms with Crippen LogP contribution in [0.25, 0.3) is 0 Å². The molecule has 0 fully saturated rings. The highest BCUT2D eigenvalue weighted by Gasteiger charge is 2.23. The van der Waals surface area contributed by atoms with E-state index >= 15 is 0 Å². The molecule has 0 aliphatic rings. The van der Waals surface area contributed by atoms with E-state index < -0.39 is 10.0 Å². The molecule has 0 N–H and O–H groups in total. The SMILES string of the molecule is CCN(C(=O)c1cccc(S(=O)(=O)N(C)OC)c1)c1ccccc1. The zero-order valence-corrected chi connectivity index (χ0v) is 14.7. The maximum Gasteiger partial charge on any atom is 0.264 e. The smallest absolute Gasteiger partial charge is 0.264 e. The lowest BCUT2D eigenvalue weighted by Crippen LogP contribution is -2.31. The van der Waals surface area contributed by atoms with Crippen LogP contribution in [0.5, 0.6) is 0 Å². The molecule has 0 unspecified atom stereocenters. The highest BCUT2D eigenvalue weighted by atomic mass is 32.2. The Labute approximate surface area is 142 Å². The van der Waals surface area contributed by atoms with E-state index in [0.717, 1.165) is 10.2 Å². The van der Waals surface area contributed by atoms with Gasteiger partial charge in [-0.25, -0.2) is 8.42 Å². The summed E-state index contributed by atoms with van der Waals surface area (Å²) in [5, 5.41) is 0. The van der Waals surface area contributed by atoms with Crippen molar-refractivity contribution in [1.29, 1.82) is 0 Å². The largest absolute Gasteiger partial charge is 0.309 e. The van der Waals surface area contributed by atoms with Crippen molar-refractivity contribution in [3.63, 3.8) is 0 Å². The van der Waals surface area contributed by atoms with Crippen LogP contribution in [0.1, 0.15) is 17.3 Å². The highest BCUT2D eigenvalue weighted by Crippen LogP contribution is 2.20. The predicted molar refractivity (Wildman–Crippen MR) is 92.2 cm³/mol. The van der Waals surface area contributed by atoms with Crippen LogP contribution in [0.15, 0.2) is 59.5 Å². The van der Waals surface area contributed by atoms with Crippen molar-refractivity contribution in [1.82, 2.24) is 4.47 Å². The fourth-order valence-electron chi connectivity index (χ4n) is 2.24. The number of hydrogen-bond donors (Lipinski definition) is 0. The minimum absolute atomic E-state index is 0.00168. The summed E-state index contributed by atoms with van der Waals surface area (Å²) in [6.07, 6.45) is 0. The van der Waals surface area contributed by atoms with Crippen LogP contribution in [0, 0.1) is 0 Å². The number of hydrogen-bond acceptors (Lipinski definition) is 4. The van der Waals surface area contributed by atoms with Crippen molar-refractivity contribution in [2.75, 3.05) is 25.6 Å². The van der Waals surface area contributed by atoms with Crippen LogP contribution in [0.3, 0.4) is 0 Å². The Morgan fingerprint density at radius 3 is 2.33 bits per heavy atom. The second kappa shape index (κ2) is 7.57. The summed E-state index contributed by atoms with van der Waals surface area (Å²) >= 11 is 0. The van der Waals surface area contributed by atoms with Crippen molar-refractivity contribution in [2.24, 2.45) is 0 Å². The normalized spacial score (nSPS) is 11.5. The molecular formula is C17H20N2O4S. The molecule has 0 aliphatic carbocycles. The molecule has 0 saturated heterocycles. The van der Waals surface area contributed by atoms with Gasteiger partial charge in [-0.3, -0.25) is 9.63 Å². The number of carbonyl (C=O) groups is 1. The number of hydroxylamine groups is 1. The summed E-state index contributed by atoms with van der Waals surface area (Å²) in [7, 11) is -1.24. The minimum atomic E-state index is -3.80. The van der Waals surface area contributed by atoms with Gasteiger partial charge in [0.25, 0.3) is 15.9 Å². The van der Waals surface area contributed by atoms with Crippen LogP contribution in [0.2, 0.25) is 0 Å². The molecule has 0 aliphatic heterocycles. The van der Waals surface area contributed by atoms with Crippen molar-refractivity contribution in [2.45, 2.75) is 11.8 Å². The van der Waals surface area contributed by atoms with Gasteiger partial charge in [-0.2, -0.15) is 0 Å². The van der Waals surface area contributed by atoms with Gasteiger partial charge in [-0.05, 0) is 37.3 Å². The maximum atomic E-state index is 12.8. The second-order valence-corrected chi connectivity index (χ2v) is 6.95. The summed E-state index contributed by atoms with van der Waals surface area (Å²) < 4.78 is 25.4. The molecule has 0 atom stereocenters. The molecule has 0 aromatic heterocycles. The quantitative estimate of drug-likeness (QED) is 0.753. The fourth-order valence-corrected chi connectivity index (χ4v) is 3.26. The van der Waals surface area contributed by atoms with Crippen molar-refractivity contribution in [3.05, 3.63) is 60.2 Å². The molecule has 24 heavy (non-hydrogen) atoms. The third-order valence-electron chi connectivity index (χ3n) is 3.60. The molecule has 0 radical (unpaired) electrons. The number of para-hydroxylation sites is 1. The Hall–Kier alpha value is -2.22. The van der Waals surface area contributed by atoms with E-state index in [1.807, 2.05) is 37.3 Å². The van der Waals surface area contributed by atoms with Gasteiger partial charge in [0.2, 0.25) is 0 Å². The number of sulfonamides is 1. The average Bonchev–Trinajstić information content (AvgIpc) is 2.62. The molecule has 0 heterocycles. The van der Waals surface area contributed by atoms with E-state index in [0.29, 0.717) is 12.1 Å². The summed E-state index contributed by atoms with van der Waals surface area (Å²) in [6, 6.07) is 15.2. The lowest BCUT2D eigenvalue weighted by atomic mass is 10.2. The third kappa shape index (κ3) is 3.64. The van der Waals surface area contributed by atoms with E-state index in [-0.39, 0.29) is 10.8 Å². The fraction of sp³-hybridized carbons (Fsp3) is 0.235. The average molecular weight is 348 g/mol. The van der Waals surface area contributed by atoms with Gasteiger partial charge in [0.1, 0.15) is 0 Å². The lowest BCUT2D eigenvalue weighted by Gasteiger charge is -2.21. The molecule has 2 aromatic rings. The lowest BCUT2D eigenvalue weighted by molar-refractivity contribution is -0.0258. The molecule has 7 heteroatoms. The number of benzene rings is 2. The Kier molecular flexibility index (Phi) is 5.71. The molecule has 6 nitrogen and oxygen atoms in total. The van der Waals surface area contributed by atoms with E-state index in [4.69, 9.17) is 4.84 Å². The Morgan fingerprint density at radius 1 is 1.08 bits per heavy atom. The van der Waals surface area contributed by atoms with E-state index in [1.54, 1.807) is 17.0 Å². The summed E-state index contributed by atoms with van der Waals surface area (Å²) in [5.74, 6) is -0.263. The third-order valence-corrected chi connectivity index (χ3v) is 5.28. The van der Waals surface area contributed by atoms with Gasteiger partial charge in [-0.1, -0.05) is 28.7 Å². The van der Waals surface area contributed by atoms with E-state index in [2.05, 4.69) is 0 Å². The van der Waals surface area contributed by atoms with Crippen LogP contribution in [-0.2, 0) is 14.9 Å². The van der Waals surface area contributed by atoms with Crippen molar-refractivity contribution < 1.29 is 18.0 Å². The standard InChI is InChI=1S/C17H20N2O4S/c1-4-19(15-10-6-5-7-11-15)17(20)14-9-8-12-16(13-14)24(21,22)18(2)23-3/h5-13H,4H2,1-3H3. The molecule has 128 valence electrons. The summed E-state index contributed by atoms with van der Waals surface area (Å²) in [6.45, 7) is 2.34. The Balaban J connectivity index is 2.39. The molecule has 0 spiro atoms. The van der Waals surface area contributed by atoms with Gasteiger partial charge in [0.05, 0.1) is 12.0 Å². The Bertz CT molecular complexity index is 806. The topological polar surface area (TPSA) is 66.9 Å². The first-order valence-corrected chi connectivity index (χ1v) is 8.85. The zero-order valence-electron chi connectivity index (χ0n) is 13.8. The first-order valence-electron chi connectivity index (χ1n) is 7.41. The van der Waals surface area contributed by atoms with Crippen molar-refractivity contribution in [3.8, 4) is 0 Å². The van der Waals surface area contributed by atoms with Crippen LogP contribution in [-0.4, -0.2) is 39.5 Å². The molecule has 0 bridgehead atoms. The highest BCUT2D eigenvalue weighted by molar-refractivity contribution is 7.89. The zero-order chi connectivity index (χ0) is 17.7. The number of nitrogens with zero attached hydrogens (tertiary/aromatic N) is 2. The monoisotopic (exact) mass is 348 g/mol. The number of rotatable bonds is 6. The molecule has 0 saturated carbocycles. The number of amides is 1. The van der Waals surface area contributed by atoms with Gasteiger partial charge in [0.15, 0.2) is 0 Å². The maximum absolute atomic E-state index is 12.8. The van der Waals surface area contributed by atoms with Crippen LogP contribution >= 0.6 is 0 Å². The number of anilines is 1. The molecule has 1 amide bonds. The predicted octanol–water partition coefficient (Wildman–Crippen LogP) is 2.54. The van der Waals surface area contributed by atoms with Gasteiger partial charge < -0.3 is 4.90 Å². The van der Waals surface area contributed by atoms with Gasteiger partial charge in [0, 0.05) is 24.8 Å². The van der Waals surface area contributed by atoms with E-state index in [9.17, 15) is 13.2 Å². The van der Waals surface area contributed by atoms with Gasteiger partial charge in [-0.15, -0.1) is 0 Å². The molecule has 2 rings (SSSR count). The minimum Gasteiger partial charge on any atom is -0.309 e. The Morgan fingerprint density at radius 2 is 1.75 bits per heavy atom. The van der Waals surface area contributed by atoms with E-state index in [1.165, 1.54) is 26.3 Å². The second-order valence-electron chi connectivity index (χ2n) is 5.01. The summed E-state index contributed by atoms with van der Waals surface area (Å²) in [5.41, 5.74) is 1.05. The first kappa shape index (κ1) is 18.1. The van der Waals surface area contributed by atoms with Crippen molar-refractivity contribution >= 4 is 21.6 Å². The summed E-state index contributed by atoms with van der Waals surface area (Å²) in [4.78, 5) is 19.1.